The zero-order valence-corrected chi connectivity index (χ0v) is 12.2. The highest BCUT2D eigenvalue weighted by Crippen LogP contribution is 2.47. The molecule has 5 nitrogen and oxygen atoms in total. The molecule has 114 valence electrons. The van der Waals surface area contributed by atoms with Crippen molar-refractivity contribution in [1.29, 1.82) is 0 Å². The van der Waals surface area contributed by atoms with Crippen LogP contribution in [0.25, 0.3) is 0 Å². The van der Waals surface area contributed by atoms with E-state index < -0.39 is 12.0 Å². The van der Waals surface area contributed by atoms with Crippen molar-refractivity contribution in [2.75, 3.05) is 6.54 Å². The van der Waals surface area contributed by atoms with Crippen LogP contribution >= 0.6 is 0 Å². The van der Waals surface area contributed by atoms with Gasteiger partial charge in [-0.15, -0.1) is 0 Å². The molecule has 1 N–H and O–H groups in total. The topological polar surface area (TPSA) is 70.8 Å². The van der Waals surface area contributed by atoms with E-state index in [1.165, 1.54) is 11.3 Å². The maximum atomic E-state index is 12.2. The van der Waals surface area contributed by atoms with Gasteiger partial charge in [-0.1, -0.05) is 6.92 Å². The Labute approximate surface area is 123 Å². The fraction of sp³-hybridized carbons (Fsp3) is 0.625. The minimum atomic E-state index is -0.899. The summed E-state index contributed by atoms with van der Waals surface area (Å²) in [4.78, 5) is 24.7. The van der Waals surface area contributed by atoms with Gasteiger partial charge in [0.2, 0.25) is 5.91 Å². The fourth-order valence-corrected chi connectivity index (χ4v) is 3.14. The van der Waals surface area contributed by atoms with Crippen molar-refractivity contribution in [3.8, 4) is 0 Å². The number of carbonyl (C=O) groups excluding carboxylic acids is 1. The summed E-state index contributed by atoms with van der Waals surface area (Å²) in [7, 11) is 0. The number of carbonyl (C=O) groups is 2. The zero-order valence-electron chi connectivity index (χ0n) is 12.2. The summed E-state index contributed by atoms with van der Waals surface area (Å²) in [6, 6.07) is 3.30. The third kappa shape index (κ3) is 2.96. The van der Waals surface area contributed by atoms with E-state index in [2.05, 4.69) is 6.92 Å². The molecule has 0 spiro atoms. The second-order valence-electron chi connectivity index (χ2n) is 6.21. The van der Waals surface area contributed by atoms with Crippen LogP contribution in [0.1, 0.15) is 50.0 Å². The van der Waals surface area contributed by atoms with Crippen molar-refractivity contribution in [3.63, 3.8) is 0 Å². The number of hydrogen-bond acceptors (Lipinski definition) is 3. The van der Waals surface area contributed by atoms with E-state index in [0.717, 1.165) is 17.9 Å². The first-order valence-electron chi connectivity index (χ1n) is 7.67. The maximum absolute atomic E-state index is 12.2. The van der Waals surface area contributed by atoms with Crippen LogP contribution in [0.5, 0.6) is 0 Å². The van der Waals surface area contributed by atoms with Gasteiger partial charge in [-0.2, -0.15) is 0 Å². The van der Waals surface area contributed by atoms with Crippen LogP contribution in [0.3, 0.4) is 0 Å². The van der Waals surface area contributed by atoms with E-state index in [0.29, 0.717) is 37.6 Å². The number of furan rings is 1. The zero-order chi connectivity index (χ0) is 15.0. The van der Waals surface area contributed by atoms with Gasteiger partial charge in [0.25, 0.3) is 0 Å². The van der Waals surface area contributed by atoms with Crippen molar-refractivity contribution in [2.45, 2.75) is 51.0 Å². The molecule has 21 heavy (non-hydrogen) atoms. The molecule has 1 aromatic heterocycles. The highest BCUT2D eigenvalue weighted by atomic mass is 16.4. The van der Waals surface area contributed by atoms with Crippen molar-refractivity contribution < 1.29 is 19.1 Å². The number of rotatable bonds is 5. The Balaban J connectivity index is 1.53. The van der Waals surface area contributed by atoms with Gasteiger partial charge < -0.3 is 14.4 Å². The average molecular weight is 291 g/mol. The van der Waals surface area contributed by atoms with Crippen LogP contribution in [-0.2, 0) is 16.0 Å². The lowest BCUT2D eigenvalue weighted by Crippen LogP contribution is -2.40. The summed E-state index contributed by atoms with van der Waals surface area (Å²) in [5.74, 6) is 2.11. The molecule has 1 aromatic rings. The average Bonchev–Trinajstić information content (AvgIpc) is 2.90. The first kappa shape index (κ1) is 14.2. The van der Waals surface area contributed by atoms with Gasteiger partial charge in [0.15, 0.2) is 0 Å². The quantitative estimate of drug-likeness (QED) is 0.904. The van der Waals surface area contributed by atoms with Gasteiger partial charge in [-0.25, -0.2) is 4.79 Å². The fourth-order valence-electron chi connectivity index (χ4n) is 3.14. The number of hydrogen-bond donors (Lipinski definition) is 1. The molecule has 1 aliphatic heterocycles. The van der Waals surface area contributed by atoms with Gasteiger partial charge >= 0.3 is 5.97 Å². The Bertz CT molecular complexity index is 550. The highest BCUT2D eigenvalue weighted by molar-refractivity contribution is 5.84. The van der Waals surface area contributed by atoms with E-state index in [1.54, 1.807) is 0 Å². The first-order valence-corrected chi connectivity index (χ1v) is 7.67. The number of carboxylic acids is 1. The molecular weight excluding hydrogens is 270 g/mol. The van der Waals surface area contributed by atoms with Crippen molar-refractivity contribution in [3.05, 3.63) is 23.7 Å². The summed E-state index contributed by atoms with van der Waals surface area (Å²) in [6.07, 6.45) is 3.37. The third-order valence-corrected chi connectivity index (χ3v) is 4.60. The maximum Gasteiger partial charge on any atom is 0.326 e. The molecular formula is C16H21NO4. The van der Waals surface area contributed by atoms with Crippen LogP contribution < -0.4 is 0 Å². The third-order valence-electron chi connectivity index (χ3n) is 4.60. The van der Waals surface area contributed by atoms with E-state index in [1.807, 2.05) is 12.1 Å². The summed E-state index contributed by atoms with van der Waals surface area (Å²) < 4.78 is 5.78. The minimum Gasteiger partial charge on any atom is -0.480 e. The van der Waals surface area contributed by atoms with Crippen LogP contribution in [-0.4, -0.2) is 34.5 Å². The number of aryl methyl sites for hydroxylation is 1. The molecule has 0 radical (unpaired) electrons. The Kier molecular flexibility index (Phi) is 3.74. The molecule has 1 saturated carbocycles. The number of likely N-dealkylation sites (tertiary alicyclic amines) is 1. The molecule has 1 amide bonds. The van der Waals surface area contributed by atoms with Gasteiger partial charge in [0, 0.05) is 25.3 Å². The highest BCUT2D eigenvalue weighted by Gasteiger charge is 2.37. The molecule has 1 aliphatic carbocycles. The van der Waals surface area contributed by atoms with Crippen LogP contribution in [0, 0.1) is 5.92 Å². The number of aliphatic carboxylic acids is 1. The molecule has 2 fully saturated rings. The van der Waals surface area contributed by atoms with Crippen LogP contribution in [0.4, 0.5) is 0 Å². The molecule has 2 heterocycles. The van der Waals surface area contributed by atoms with Gasteiger partial charge in [0.05, 0.1) is 0 Å². The Hall–Kier alpha value is -1.78. The number of amides is 1. The number of nitrogens with zero attached hydrogens (tertiary/aromatic N) is 1. The predicted octanol–water partition coefficient (Wildman–Crippen LogP) is 2.41. The van der Waals surface area contributed by atoms with Crippen LogP contribution in [0.15, 0.2) is 16.5 Å². The molecule has 2 unspecified atom stereocenters. The standard InChI is InChI=1S/C16H21NO4/c1-10-9-12(10)14-6-4-11(21-14)5-7-15(18)17-8-2-3-13(17)16(19)20/h4,6,10,12-13H,2-3,5,7-9H2,1H3,(H,19,20)/t10?,12?,13-/m1/s1. The van der Waals surface area contributed by atoms with Gasteiger partial charge in [-0.3, -0.25) is 4.79 Å². The monoisotopic (exact) mass is 291 g/mol. The largest absolute Gasteiger partial charge is 0.480 e. The van der Waals surface area contributed by atoms with E-state index in [4.69, 9.17) is 9.52 Å². The second-order valence-corrected chi connectivity index (χ2v) is 6.21. The normalized spacial score (nSPS) is 27.9. The van der Waals surface area contributed by atoms with Crippen molar-refractivity contribution in [2.24, 2.45) is 5.92 Å². The summed E-state index contributed by atoms with van der Waals surface area (Å²) in [5, 5.41) is 9.10. The summed E-state index contributed by atoms with van der Waals surface area (Å²) >= 11 is 0. The molecule has 0 aromatic carbocycles. The number of carboxylic acid groups (broad SMARTS) is 1. The van der Waals surface area contributed by atoms with Crippen molar-refractivity contribution in [1.82, 2.24) is 4.90 Å². The van der Waals surface area contributed by atoms with Crippen molar-refractivity contribution >= 4 is 11.9 Å². The Morgan fingerprint density at radius 3 is 2.86 bits per heavy atom. The second kappa shape index (κ2) is 5.54. The SMILES string of the molecule is CC1CC1c1ccc(CCC(=O)N2CCC[C@@H]2C(=O)O)o1. The first-order chi connectivity index (χ1) is 10.1. The molecule has 5 heteroatoms. The lowest BCUT2D eigenvalue weighted by Gasteiger charge is -2.21. The smallest absolute Gasteiger partial charge is 0.326 e. The Morgan fingerprint density at radius 2 is 2.19 bits per heavy atom. The van der Waals surface area contributed by atoms with Gasteiger partial charge in [0.1, 0.15) is 17.6 Å². The predicted molar refractivity (Wildman–Crippen MR) is 75.9 cm³/mol. The molecule has 3 atom stereocenters. The van der Waals surface area contributed by atoms with Crippen LogP contribution in [0.2, 0.25) is 0 Å². The van der Waals surface area contributed by atoms with E-state index >= 15 is 0 Å². The minimum absolute atomic E-state index is 0.0855. The van der Waals surface area contributed by atoms with Gasteiger partial charge in [-0.05, 0) is 37.3 Å². The summed E-state index contributed by atoms with van der Waals surface area (Å²) in [6.45, 7) is 2.76. The van der Waals surface area contributed by atoms with E-state index in [-0.39, 0.29) is 5.91 Å². The summed E-state index contributed by atoms with van der Waals surface area (Å²) in [5.41, 5.74) is 0. The Morgan fingerprint density at radius 1 is 1.43 bits per heavy atom. The lowest BCUT2D eigenvalue weighted by molar-refractivity contribution is -0.148. The molecule has 1 saturated heterocycles. The molecule has 0 bridgehead atoms. The molecule has 2 aliphatic rings. The van der Waals surface area contributed by atoms with E-state index in [9.17, 15) is 9.59 Å². The molecule has 3 rings (SSSR count). The lowest BCUT2D eigenvalue weighted by atomic mass is 10.2.